The van der Waals surface area contributed by atoms with Crippen molar-refractivity contribution in [2.24, 2.45) is 0 Å². The van der Waals surface area contributed by atoms with E-state index in [1.807, 2.05) is 13.0 Å². The van der Waals surface area contributed by atoms with Crippen molar-refractivity contribution < 1.29 is 24.1 Å². The summed E-state index contributed by atoms with van der Waals surface area (Å²) >= 11 is 1.08. The maximum atomic E-state index is 13.1. The summed E-state index contributed by atoms with van der Waals surface area (Å²) in [6.45, 7) is 2.38. The van der Waals surface area contributed by atoms with E-state index >= 15 is 0 Å². The number of H-pyrrole nitrogens is 1. The van der Waals surface area contributed by atoms with Crippen LogP contribution in [0.3, 0.4) is 0 Å². The Labute approximate surface area is 222 Å². The van der Waals surface area contributed by atoms with E-state index in [-0.39, 0.29) is 41.8 Å². The highest BCUT2D eigenvalue weighted by atomic mass is 32.1. The fourth-order valence-corrected chi connectivity index (χ4v) is 4.67. The first-order valence-electron chi connectivity index (χ1n) is 11.7. The molecule has 0 saturated heterocycles. The topological polar surface area (TPSA) is 149 Å². The number of aromatic hydroxyl groups is 1. The minimum Gasteiger partial charge on any atom is -0.506 e. The van der Waals surface area contributed by atoms with E-state index in [9.17, 15) is 14.7 Å². The second-order valence-corrected chi connectivity index (χ2v) is 9.04. The van der Waals surface area contributed by atoms with Gasteiger partial charge in [-0.1, -0.05) is 23.5 Å². The number of carbonyl (C=O) groups is 1. The second kappa shape index (κ2) is 12.3. The molecule has 0 fully saturated rings. The molecule has 3 heterocycles. The lowest BCUT2D eigenvalue weighted by Crippen LogP contribution is -2.24. The van der Waals surface area contributed by atoms with Crippen LogP contribution in [0.4, 0.5) is 0 Å². The molecule has 11 nitrogen and oxygen atoms in total. The summed E-state index contributed by atoms with van der Waals surface area (Å²) in [6, 6.07) is 10.6. The van der Waals surface area contributed by atoms with Crippen molar-refractivity contribution in [1.82, 2.24) is 25.5 Å². The van der Waals surface area contributed by atoms with E-state index in [0.717, 1.165) is 11.3 Å². The average molecular weight is 538 g/mol. The minimum absolute atomic E-state index is 0.0415. The van der Waals surface area contributed by atoms with Gasteiger partial charge in [-0.2, -0.15) is 0 Å². The van der Waals surface area contributed by atoms with Gasteiger partial charge in [0.1, 0.15) is 27.8 Å². The zero-order valence-electron chi connectivity index (χ0n) is 21.1. The number of aromatic amines is 1. The molecule has 3 aromatic heterocycles. The van der Waals surface area contributed by atoms with Crippen LogP contribution in [0.25, 0.3) is 21.7 Å². The van der Waals surface area contributed by atoms with Crippen molar-refractivity contribution in [3.63, 3.8) is 0 Å². The minimum atomic E-state index is -0.559. The van der Waals surface area contributed by atoms with Gasteiger partial charge >= 0.3 is 0 Å². The Hall–Kier alpha value is -4.29. The van der Waals surface area contributed by atoms with Crippen LogP contribution in [0, 0.1) is 0 Å². The first-order valence-corrected chi connectivity index (χ1v) is 12.5. The Morgan fingerprint density at radius 2 is 1.82 bits per heavy atom. The molecule has 12 heteroatoms. The quantitative estimate of drug-likeness (QED) is 0.262. The van der Waals surface area contributed by atoms with Gasteiger partial charge in [0.2, 0.25) is 5.91 Å². The fourth-order valence-electron chi connectivity index (χ4n) is 3.85. The highest BCUT2D eigenvalue weighted by molar-refractivity contribution is 7.14. The standard InChI is InChI=1S/C26H27N5O6S/c1-4-37-14-16-21(22-17(35-2)9-7-10-18(22)36-3)24(33)23(25(34)29-16)26-31-30-20(38-26)13-28-19(32)12-15-8-5-6-11-27-15/h5-11H,4,12-14H2,1-3H3,(H,28,32)(H2,29,33,34). The number of benzene rings is 1. The summed E-state index contributed by atoms with van der Waals surface area (Å²) < 4.78 is 16.6. The largest absolute Gasteiger partial charge is 0.506 e. The molecule has 198 valence electrons. The molecule has 4 aromatic rings. The summed E-state index contributed by atoms with van der Waals surface area (Å²) in [5.74, 6) is 0.327. The van der Waals surface area contributed by atoms with Crippen LogP contribution in [0.15, 0.2) is 47.4 Å². The number of aromatic nitrogens is 4. The smallest absolute Gasteiger partial charge is 0.262 e. The van der Waals surface area contributed by atoms with E-state index < -0.39 is 5.56 Å². The van der Waals surface area contributed by atoms with Crippen molar-refractivity contribution in [2.75, 3.05) is 20.8 Å². The van der Waals surface area contributed by atoms with Crippen LogP contribution in [0.2, 0.25) is 0 Å². The first-order chi connectivity index (χ1) is 18.5. The van der Waals surface area contributed by atoms with Crippen molar-refractivity contribution in [2.45, 2.75) is 26.5 Å². The lowest BCUT2D eigenvalue weighted by molar-refractivity contribution is -0.120. The average Bonchev–Trinajstić information content (AvgIpc) is 3.39. The van der Waals surface area contributed by atoms with E-state index in [1.54, 1.807) is 36.5 Å². The van der Waals surface area contributed by atoms with Crippen LogP contribution < -0.4 is 20.3 Å². The summed E-state index contributed by atoms with van der Waals surface area (Å²) in [4.78, 5) is 32.4. The number of hydrogen-bond acceptors (Lipinski definition) is 10. The number of nitrogens with zero attached hydrogens (tertiary/aromatic N) is 3. The summed E-state index contributed by atoms with van der Waals surface area (Å²) in [5.41, 5.74) is 1.13. The third-order valence-corrected chi connectivity index (χ3v) is 6.52. The summed E-state index contributed by atoms with van der Waals surface area (Å²) in [5, 5.41) is 23.1. The Balaban J connectivity index is 1.69. The molecular weight excluding hydrogens is 510 g/mol. The number of ether oxygens (including phenoxy) is 3. The highest BCUT2D eigenvalue weighted by Gasteiger charge is 2.27. The van der Waals surface area contributed by atoms with E-state index in [0.29, 0.717) is 45.6 Å². The summed E-state index contributed by atoms with van der Waals surface area (Å²) in [7, 11) is 3.01. The predicted molar refractivity (Wildman–Crippen MR) is 141 cm³/mol. The molecule has 0 aliphatic carbocycles. The van der Waals surface area contributed by atoms with Crippen LogP contribution >= 0.6 is 11.3 Å². The Bertz CT molecular complexity index is 1450. The number of rotatable bonds is 11. The van der Waals surface area contributed by atoms with E-state index in [4.69, 9.17) is 14.2 Å². The molecule has 1 aromatic carbocycles. The van der Waals surface area contributed by atoms with Crippen LogP contribution in [0.5, 0.6) is 17.2 Å². The Morgan fingerprint density at radius 3 is 2.47 bits per heavy atom. The van der Waals surface area contributed by atoms with Crippen LogP contribution in [-0.2, 0) is 29.1 Å². The predicted octanol–water partition coefficient (Wildman–Crippen LogP) is 3.07. The maximum absolute atomic E-state index is 13.1. The molecule has 0 atom stereocenters. The van der Waals surface area contributed by atoms with Gasteiger partial charge < -0.3 is 29.6 Å². The first kappa shape index (κ1) is 26.8. The van der Waals surface area contributed by atoms with Gasteiger partial charge in [-0.25, -0.2) is 0 Å². The van der Waals surface area contributed by atoms with E-state index in [1.165, 1.54) is 14.2 Å². The number of carbonyl (C=O) groups excluding carboxylic acids is 1. The molecule has 0 unspecified atom stereocenters. The van der Waals surface area contributed by atoms with Gasteiger partial charge in [-0.05, 0) is 31.2 Å². The number of methoxy groups -OCH3 is 2. The number of amides is 1. The third-order valence-electron chi connectivity index (χ3n) is 5.58. The Morgan fingerprint density at radius 1 is 1.05 bits per heavy atom. The molecule has 0 radical (unpaired) electrons. The molecule has 3 N–H and O–H groups in total. The molecule has 38 heavy (non-hydrogen) atoms. The highest BCUT2D eigenvalue weighted by Crippen LogP contribution is 2.46. The number of pyridine rings is 2. The van der Waals surface area contributed by atoms with Crippen molar-refractivity contribution in [1.29, 1.82) is 0 Å². The molecule has 1 amide bonds. The van der Waals surface area contributed by atoms with Crippen molar-refractivity contribution in [3.8, 4) is 38.9 Å². The van der Waals surface area contributed by atoms with Gasteiger partial charge in [0.25, 0.3) is 5.56 Å². The molecule has 0 saturated carbocycles. The molecule has 0 spiro atoms. The normalized spacial score (nSPS) is 10.8. The maximum Gasteiger partial charge on any atom is 0.262 e. The molecular formula is C26H27N5O6S. The lowest BCUT2D eigenvalue weighted by Gasteiger charge is -2.18. The monoisotopic (exact) mass is 537 g/mol. The molecule has 4 rings (SSSR count). The van der Waals surface area contributed by atoms with Gasteiger partial charge in [-0.3, -0.25) is 14.6 Å². The fraction of sp³-hybridized carbons (Fsp3) is 0.269. The van der Waals surface area contributed by atoms with Gasteiger partial charge in [-0.15, -0.1) is 10.2 Å². The third kappa shape index (κ3) is 5.82. The number of nitrogens with one attached hydrogen (secondary N) is 2. The van der Waals surface area contributed by atoms with E-state index in [2.05, 4.69) is 25.5 Å². The van der Waals surface area contributed by atoms with Crippen molar-refractivity contribution in [3.05, 3.63) is 69.3 Å². The summed E-state index contributed by atoms with van der Waals surface area (Å²) in [6.07, 6.45) is 1.75. The zero-order valence-corrected chi connectivity index (χ0v) is 21.9. The lowest BCUT2D eigenvalue weighted by atomic mass is 9.98. The van der Waals surface area contributed by atoms with Crippen LogP contribution in [-0.4, -0.2) is 52.0 Å². The number of hydrogen-bond donors (Lipinski definition) is 3. The van der Waals surface area contributed by atoms with Crippen LogP contribution in [0.1, 0.15) is 23.3 Å². The van der Waals surface area contributed by atoms with Gasteiger partial charge in [0.05, 0.1) is 50.6 Å². The Kier molecular flexibility index (Phi) is 8.66. The second-order valence-electron chi connectivity index (χ2n) is 7.98. The SMILES string of the molecule is CCOCc1[nH]c(=O)c(-c2nnc(CNC(=O)Cc3ccccn3)s2)c(O)c1-c1c(OC)cccc1OC. The van der Waals surface area contributed by atoms with Gasteiger partial charge in [0, 0.05) is 18.5 Å². The van der Waals surface area contributed by atoms with Crippen molar-refractivity contribution >= 4 is 17.2 Å². The molecule has 0 aliphatic heterocycles. The molecule has 0 aliphatic rings. The molecule has 0 bridgehead atoms. The van der Waals surface area contributed by atoms with Gasteiger partial charge in [0.15, 0.2) is 5.01 Å². The zero-order chi connectivity index (χ0) is 27.1.